The molecule has 0 radical (unpaired) electrons. The maximum atomic E-state index is 10.6. The number of hydrogen-bond donors (Lipinski definition) is 4. The molecule has 4 N–H and O–H groups in total. The Morgan fingerprint density at radius 3 is 2.50 bits per heavy atom. The molecule has 3 rings (SSSR count). The molecular weight excluding hydrogens is 384 g/mol. The monoisotopic (exact) mass is 418 g/mol. The topological polar surface area (TPSA) is 99.4 Å². The van der Waals surface area contributed by atoms with Crippen LogP contribution in [0.4, 0.5) is 0 Å². The molecule has 0 aliphatic carbocycles. The van der Waals surface area contributed by atoms with Crippen molar-refractivity contribution in [2.24, 2.45) is 0 Å². The molecule has 2 aromatic carbocycles. The largest absolute Gasteiger partial charge is 0.494 e. The van der Waals surface area contributed by atoms with Crippen molar-refractivity contribution in [2.75, 3.05) is 13.2 Å². The molecule has 6 nitrogen and oxygen atoms in total. The van der Waals surface area contributed by atoms with Crippen molar-refractivity contribution in [3.05, 3.63) is 64.0 Å². The summed E-state index contributed by atoms with van der Waals surface area (Å²) in [6, 6.07) is -6.13. The molecule has 1 saturated heterocycles. The molecule has 0 unspecified atom stereocenters. The summed E-state index contributed by atoms with van der Waals surface area (Å²) in [5.74, 6) is -0.436. The molecule has 0 spiro atoms. The third-order valence-corrected chi connectivity index (χ3v) is 4.22. The lowest BCUT2D eigenvalue weighted by Crippen LogP contribution is -2.55. The molecule has 1 aliphatic rings. The van der Waals surface area contributed by atoms with Gasteiger partial charge in [0.05, 0.1) is 24.2 Å². The third-order valence-electron chi connectivity index (χ3n) is 3.94. The van der Waals surface area contributed by atoms with Gasteiger partial charge in [-0.3, -0.25) is 0 Å². The zero-order valence-electron chi connectivity index (χ0n) is 24.7. The van der Waals surface area contributed by atoms with Gasteiger partial charge in [-0.15, -0.1) is 0 Å². The van der Waals surface area contributed by atoms with Crippen LogP contribution < -0.4 is 4.74 Å². The number of ether oxygens (including phenoxy) is 2. The highest BCUT2D eigenvalue weighted by Crippen LogP contribution is 2.34. The number of hydrogen-bond acceptors (Lipinski definition) is 6. The highest BCUT2D eigenvalue weighted by molar-refractivity contribution is 6.31. The molecule has 152 valence electrons. The molecule has 7 heteroatoms. The van der Waals surface area contributed by atoms with Gasteiger partial charge in [-0.05, 0) is 48.1 Å². The van der Waals surface area contributed by atoms with Crippen molar-refractivity contribution in [2.45, 2.75) is 43.8 Å². The second-order valence-electron chi connectivity index (χ2n) is 5.83. The van der Waals surface area contributed by atoms with E-state index in [9.17, 15) is 20.4 Å². The highest BCUT2D eigenvalue weighted by Gasteiger charge is 2.43. The highest BCUT2D eigenvalue weighted by atomic mass is 35.5. The Labute approximate surface area is 183 Å². The van der Waals surface area contributed by atoms with Crippen LogP contribution in [0.1, 0.15) is 43.4 Å². The van der Waals surface area contributed by atoms with Crippen LogP contribution in [0.15, 0.2) is 42.3 Å². The van der Waals surface area contributed by atoms with Gasteiger partial charge >= 0.3 is 0 Å². The van der Waals surface area contributed by atoms with Crippen molar-refractivity contribution in [3.8, 4) is 5.75 Å². The van der Waals surface area contributed by atoms with Crippen molar-refractivity contribution >= 4 is 11.6 Å². The lowest BCUT2D eigenvalue weighted by Gasteiger charge is -2.40. The molecule has 0 amide bonds. The lowest BCUT2D eigenvalue weighted by molar-refractivity contribution is -0.231. The standard InChI is InChI=1S/C21H25ClO6/c1-2-27-15-6-3-12(4-7-15)9-14-10-13(5-8-16(14)22)21-20(26)19(25)18(24)17(11-23)28-21/h3-8,10,17-21,23-26H,2,9,11H2,1H3/t17-,18-,19+,20-,21+/m1/s1/i3D,4D,5D,6D,7D,8D,9D2,10D,21D. The van der Waals surface area contributed by atoms with Crippen LogP contribution in [0.3, 0.4) is 0 Å². The Morgan fingerprint density at radius 1 is 1.14 bits per heavy atom. The Hall–Kier alpha value is -1.67. The van der Waals surface area contributed by atoms with Crippen molar-refractivity contribution in [1.82, 2.24) is 0 Å². The molecule has 0 saturated carbocycles. The minimum atomic E-state index is -3.14. The molecule has 2 aromatic rings. The number of rotatable bonds is 6. The molecule has 0 bridgehead atoms. The normalized spacial score (nSPS) is 35.8. The van der Waals surface area contributed by atoms with Gasteiger partial charge in [0.25, 0.3) is 0 Å². The van der Waals surface area contributed by atoms with Gasteiger partial charge in [0.1, 0.15) is 36.2 Å². The predicted octanol–water partition coefficient (Wildman–Crippen LogP) is 1.84. The van der Waals surface area contributed by atoms with Crippen LogP contribution in [0.2, 0.25) is 5.02 Å². The van der Waals surface area contributed by atoms with E-state index < -0.39 is 113 Å². The van der Waals surface area contributed by atoms with Crippen molar-refractivity contribution in [1.29, 1.82) is 0 Å². The van der Waals surface area contributed by atoms with Gasteiger partial charge in [0, 0.05) is 7.76 Å². The number of benzene rings is 2. The van der Waals surface area contributed by atoms with Gasteiger partial charge in [-0.25, -0.2) is 0 Å². The molecule has 0 aromatic heterocycles. The van der Waals surface area contributed by atoms with Crippen LogP contribution >= 0.6 is 11.6 Å². The van der Waals surface area contributed by atoms with Gasteiger partial charge in [0.15, 0.2) is 0 Å². The molecule has 5 atom stereocenters. The minimum absolute atomic E-state index is 0.00854. The Morgan fingerprint density at radius 2 is 1.86 bits per heavy atom. The van der Waals surface area contributed by atoms with Crippen molar-refractivity contribution in [3.63, 3.8) is 0 Å². The van der Waals surface area contributed by atoms with Crippen LogP contribution in [0, 0.1) is 0 Å². The first-order chi connectivity index (χ1) is 17.5. The molecule has 1 fully saturated rings. The van der Waals surface area contributed by atoms with E-state index in [1.54, 1.807) is 6.92 Å². The van der Waals surface area contributed by atoms with Crippen molar-refractivity contribution < 1.29 is 43.6 Å². The molecule has 1 heterocycles. The van der Waals surface area contributed by atoms with Crippen LogP contribution in [-0.4, -0.2) is 58.1 Å². The van der Waals surface area contributed by atoms with Gasteiger partial charge in [-0.2, -0.15) is 0 Å². The quantitative estimate of drug-likeness (QED) is 0.571. The zero-order valence-corrected chi connectivity index (χ0v) is 15.5. The fraction of sp³-hybridized carbons (Fsp3) is 0.429. The predicted molar refractivity (Wildman–Crippen MR) is 105 cm³/mol. The molecule has 28 heavy (non-hydrogen) atoms. The average Bonchev–Trinajstić information content (AvgIpc) is 2.85. The Kier molecular flexibility index (Phi) is 3.79. The summed E-state index contributed by atoms with van der Waals surface area (Å²) in [6.07, 6.45) is -14.1. The smallest absolute Gasteiger partial charge is 0.119 e. The first kappa shape index (κ1) is 11.5. The Bertz CT molecular complexity index is 1230. The summed E-state index contributed by atoms with van der Waals surface area (Å²) in [4.78, 5) is 0. The van der Waals surface area contributed by atoms with E-state index in [1.807, 2.05) is 0 Å². The summed E-state index contributed by atoms with van der Waals surface area (Å²) < 4.78 is 94.9. The van der Waals surface area contributed by atoms with E-state index in [-0.39, 0.29) is 6.61 Å². The van der Waals surface area contributed by atoms with Gasteiger partial charge in [-0.1, -0.05) is 35.8 Å². The number of halogens is 1. The summed E-state index contributed by atoms with van der Waals surface area (Å²) in [7, 11) is 0. The maximum absolute atomic E-state index is 10.6. The lowest BCUT2D eigenvalue weighted by atomic mass is 9.90. The van der Waals surface area contributed by atoms with Crippen LogP contribution in [0.5, 0.6) is 5.75 Å². The SMILES string of the molecule is [2H]c1c([2H])c([C@]2([2H])O[C@H](CO)[C@@H](O)[C@H](O)[C@H]2O)c([2H])c(C([2H])([2H])c2c([2H])c([2H])c(OCC)c([2H])c2[2H])c1Cl. The third kappa shape index (κ3) is 4.49. The van der Waals surface area contributed by atoms with Crippen LogP contribution in [-0.2, 0) is 11.1 Å². The first-order valence-corrected chi connectivity index (χ1v) is 8.74. The summed E-state index contributed by atoms with van der Waals surface area (Å²) in [5, 5.41) is 39.7. The summed E-state index contributed by atoms with van der Waals surface area (Å²) >= 11 is 6.20. The van der Waals surface area contributed by atoms with E-state index >= 15 is 0 Å². The van der Waals surface area contributed by atoms with E-state index in [4.69, 9.17) is 34.8 Å². The van der Waals surface area contributed by atoms with E-state index in [0.717, 1.165) is 0 Å². The zero-order chi connectivity index (χ0) is 29.1. The van der Waals surface area contributed by atoms with Gasteiger partial charge in [0.2, 0.25) is 0 Å². The van der Waals surface area contributed by atoms with E-state index in [0.29, 0.717) is 0 Å². The average molecular weight is 419 g/mol. The van der Waals surface area contributed by atoms with Gasteiger partial charge < -0.3 is 29.9 Å². The fourth-order valence-electron chi connectivity index (χ4n) is 2.52. The van der Waals surface area contributed by atoms with E-state index in [2.05, 4.69) is 0 Å². The maximum Gasteiger partial charge on any atom is 0.119 e. The Balaban J connectivity index is 2.39. The number of aliphatic hydroxyl groups is 4. The molecular formula is C21H25ClO6. The minimum Gasteiger partial charge on any atom is -0.494 e. The fourth-order valence-corrected chi connectivity index (χ4v) is 2.66. The van der Waals surface area contributed by atoms with Crippen LogP contribution in [0.25, 0.3) is 0 Å². The second kappa shape index (κ2) is 9.22. The summed E-state index contributed by atoms with van der Waals surface area (Å²) in [5.41, 5.74) is -2.74. The second-order valence-corrected chi connectivity index (χ2v) is 6.21. The van der Waals surface area contributed by atoms with E-state index in [1.165, 1.54) is 0 Å². The summed E-state index contributed by atoms with van der Waals surface area (Å²) in [6.45, 7) is 0.586. The first-order valence-electron chi connectivity index (χ1n) is 13.4. The molecule has 1 aliphatic heterocycles. The number of aliphatic hydroxyl groups excluding tert-OH is 4.